The van der Waals surface area contributed by atoms with E-state index in [9.17, 15) is 4.39 Å². The molecule has 0 bridgehead atoms. The van der Waals surface area contributed by atoms with Gasteiger partial charge in [-0.05, 0) is 32.8 Å². The summed E-state index contributed by atoms with van der Waals surface area (Å²) in [7, 11) is 0. The zero-order valence-electron chi connectivity index (χ0n) is 9.66. The van der Waals surface area contributed by atoms with E-state index in [0.717, 1.165) is 0 Å². The van der Waals surface area contributed by atoms with E-state index in [0.29, 0.717) is 18.2 Å². The molecule has 0 atom stereocenters. The van der Waals surface area contributed by atoms with Gasteiger partial charge in [-0.1, -0.05) is 0 Å². The number of nitrogens with one attached hydrogen (secondary N) is 1. The predicted octanol–water partition coefficient (Wildman–Crippen LogP) is 2.26. The first-order valence-electron chi connectivity index (χ1n) is 5.70. The summed E-state index contributed by atoms with van der Waals surface area (Å²) in [5, 5.41) is 3.27. The van der Waals surface area contributed by atoms with Gasteiger partial charge in [-0.15, -0.1) is 0 Å². The molecule has 1 aromatic rings. The fourth-order valence-corrected chi connectivity index (χ4v) is 1.45. The van der Waals surface area contributed by atoms with Gasteiger partial charge < -0.3 is 10.1 Å². The topological polar surface area (TPSA) is 34.1 Å². The highest BCUT2D eigenvalue weighted by molar-refractivity contribution is 5.23. The van der Waals surface area contributed by atoms with E-state index in [1.807, 2.05) is 13.8 Å². The number of ether oxygens (including phenoxy) is 1. The van der Waals surface area contributed by atoms with Crippen molar-refractivity contribution in [2.24, 2.45) is 0 Å². The second-order valence-corrected chi connectivity index (χ2v) is 4.41. The molecule has 0 amide bonds. The van der Waals surface area contributed by atoms with Gasteiger partial charge in [-0.25, -0.2) is 9.37 Å². The smallest absolute Gasteiger partial charge is 0.250 e. The molecule has 0 aliphatic heterocycles. The van der Waals surface area contributed by atoms with E-state index in [4.69, 9.17) is 4.74 Å². The second kappa shape index (κ2) is 4.78. The van der Waals surface area contributed by atoms with Gasteiger partial charge in [0, 0.05) is 24.3 Å². The van der Waals surface area contributed by atoms with Crippen molar-refractivity contribution in [3.63, 3.8) is 0 Å². The molecule has 1 aliphatic carbocycles. The molecule has 1 saturated carbocycles. The lowest BCUT2D eigenvalue weighted by molar-refractivity contribution is 0.220. The van der Waals surface area contributed by atoms with Gasteiger partial charge in [-0.3, -0.25) is 0 Å². The number of hydrogen-bond donors (Lipinski definition) is 1. The van der Waals surface area contributed by atoms with Gasteiger partial charge in [0.25, 0.3) is 5.88 Å². The predicted molar refractivity (Wildman–Crippen MR) is 59.8 cm³/mol. The van der Waals surface area contributed by atoms with Crippen LogP contribution >= 0.6 is 0 Å². The van der Waals surface area contributed by atoms with Crippen LogP contribution in [0, 0.1) is 5.82 Å². The molecular formula is C12H17FN2O. The summed E-state index contributed by atoms with van der Waals surface area (Å²) in [4.78, 5) is 3.90. The Morgan fingerprint density at radius 2 is 2.31 bits per heavy atom. The van der Waals surface area contributed by atoms with Gasteiger partial charge in [0.15, 0.2) is 5.82 Å². The largest absolute Gasteiger partial charge is 0.473 e. The quantitative estimate of drug-likeness (QED) is 0.833. The molecule has 4 heteroatoms. The Morgan fingerprint density at radius 3 is 2.94 bits per heavy atom. The van der Waals surface area contributed by atoms with E-state index in [1.165, 1.54) is 12.8 Å². The Morgan fingerprint density at radius 1 is 1.56 bits per heavy atom. The van der Waals surface area contributed by atoms with E-state index < -0.39 is 0 Å². The Kier molecular flexibility index (Phi) is 3.39. The molecule has 2 rings (SSSR count). The SMILES string of the molecule is CC(C)Oc1nccc(CNC2CC2)c1F. The van der Waals surface area contributed by atoms with Crippen LogP contribution in [0.3, 0.4) is 0 Å². The van der Waals surface area contributed by atoms with Crippen LogP contribution in [0.25, 0.3) is 0 Å². The maximum Gasteiger partial charge on any atom is 0.250 e. The van der Waals surface area contributed by atoms with Crippen LogP contribution in [0.4, 0.5) is 4.39 Å². The molecule has 1 aliphatic rings. The van der Waals surface area contributed by atoms with Crippen LogP contribution in [0.1, 0.15) is 32.3 Å². The average Bonchev–Trinajstić information content (AvgIpc) is 3.02. The third kappa shape index (κ3) is 2.92. The molecule has 0 spiro atoms. The van der Waals surface area contributed by atoms with Crippen LogP contribution in [-0.4, -0.2) is 17.1 Å². The Bertz CT molecular complexity index is 364. The number of hydrogen-bond acceptors (Lipinski definition) is 3. The highest BCUT2D eigenvalue weighted by Gasteiger charge is 2.21. The van der Waals surface area contributed by atoms with Gasteiger partial charge >= 0.3 is 0 Å². The summed E-state index contributed by atoms with van der Waals surface area (Å²) in [5.41, 5.74) is 0.623. The van der Waals surface area contributed by atoms with E-state index >= 15 is 0 Å². The average molecular weight is 224 g/mol. The fraction of sp³-hybridized carbons (Fsp3) is 0.583. The molecule has 16 heavy (non-hydrogen) atoms. The van der Waals surface area contributed by atoms with Gasteiger partial charge in [-0.2, -0.15) is 0 Å². The molecule has 88 valence electrons. The van der Waals surface area contributed by atoms with Gasteiger partial charge in [0.1, 0.15) is 0 Å². The zero-order valence-corrected chi connectivity index (χ0v) is 9.66. The lowest BCUT2D eigenvalue weighted by atomic mass is 10.2. The summed E-state index contributed by atoms with van der Waals surface area (Å²) in [6, 6.07) is 2.26. The van der Waals surface area contributed by atoms with Gasteiger partial charge in [0.2, 0.25) is 0 Å². The van der Waals surface area contributed by atoms with Crippen LogP contribution < -0.4 is 10.1 Å². The first kappa shape index (κ1) is 11.3. The van der Waals surface area contributed by atoms with Crippen molar-refractivity contribution in [1.82, 2.24) is 10.3 Å². The third-order valence-electron chi connectivity index (χ3n) is 2.44. The Labute approximate surface area is 95.0 Å². The van der Waals surface area contributed by atoms with Gasteiger partial charge in [0.05, 0.1) is 6.10 Å². The van der Waals surface area contributed by atoms with Crippen molar-refractivity contribution in [3.8, 4) is 5.88 Å². The minimum atomic E-state index is -0.343. The maximum atomic E-state index is 13.9. The third-order valence-corrected chi connectivity index (χ3v) is 2.44. The highest BCUT2D eigenvalue weighted by atomic mass is 19.1. The summed E-state index contributed by atoms with van der Waals surface area (Å²) in [6.45, 7) is 4.26. The molecule has 1 N–H and O–H groups in total. The zero-order chi connectivity index (χ0) is 11.5. The van der Waals surface area contributed by atoms with E-state index in [-0.39, 0.29) is 17.8 Å². The molecule has 1 aromatic heterocycles. The van der Waals surface area contributed by atoms with Crippen LogP contribution in [0.15, 0.2) is 12.3 Å². The van der Waals surface area contributed by atoms with Crippen molar-refractivity contribution >= 4 is 0 Å². The Balaban J connectivity index is 2.05. The summed E-state index contributed by atoms with van der Waals surface area (Å²) < 4.78 is 19.2. The minimum Gasteiger partial charge on any atom is -0.473 e. The normalized spacial score (nSPS) is 15.5. The van der Waals surface area contributed by atoms with Crippen molar-refractivity contribution in [2.45, 2.75) is 45.4 Å². The lowest BCUT2D eigenvalue weighted by Crippen LogP contribution is -2.17. The summed E-state index contributed by atoms with van der Waals surface area (Å²) >= 11 is 0. The number of halogens is 1. The summed E-state index contributed by atoms with van der Waals surface area (Å²) in [6.07, 6.45) is 3.92. The van der Waals surface area contributed by atoms with Crippen molar-refractivity contribution in [2.75, 3.05) is 0 Å². The van der Waals surface area contributed by atoms with Crippen molar-refractivity contribution in [1.29, 1.82) is 0 Å². The van der Waals surface area contributed by atoms with E-state index in [1.54, 1.807) is 12.3 Å². The summed E-state index contributed by atoms with van der Waals surface area (Å²) in [5.74, 6) is -0.241. The van der Waals surface area contributed by atoms with Crippen molar-refractivity contribution in [3.05, 3.63) is 23.6 Å². The Hall–Kier alpha value is -1.16. The molecule has 0 radical (unpaired) electrons. The van der Waals surface area contributed by atoms with Crippen molar-refractivity contribution < 1.29 is 9.13 Å². The number of rotatable bonds is 5. The minimum absolute atomic E-state index is 0.0614. The molecule has 0 aromatic carbocycles. The highest BCUT2D eigenvalue weighted by Crippen LogP contribution is 2.22. The lowest BCUT2D eigenvalue weighted by Gasteiger charge is -2.11. The molecule has 1 fully saturated rings. The molecular weight excluding hydrogens is 207 g/mol. The molecule has 1 heterocycles. The fourth-order valence-electron chi connectivity index (χ4n) is 1.45. The number of nitrogens with zero attached hydrogens (tertiary/aromatic N) is 1. The first-order chi connectivity index (χ1) is 7.66. The molecule has 0 saturated heterocycles. The first-order valence-corrected chi connectivity index (χ1v) is 5.70. The maximum absolute atomic E-state index is 13.9. The van der Waals surface area contributed by atoms with Crippen LogP contribution in [0.2, 0.25) is 0 Å². The van der Waals surface area contributed by atoms with Crippen LogP contribution in [-0.2, 0) is 6.54 Å². The number of pyridine rings is 1. The van der Waals surface area contributed by atoms with Crippen LogP contribution in [0.5, 0.6) is 5.88 Å². The van der Waals surface area contributed by atoms with E-state index in [2.05, 4.69) is 10.3 Å². The molecule has 3 nitrogen and oxygen atoms in total. The second-order valence-electron chi connectivity index (χ2n) is 4.41. The monoisotopic (exact) mass is 224 g/mol. The molecule has 0 unspecified atom stereocenters. The number of aromatic nitrogens is 1. The standard InChI is InChI=1S/C12H17FN2O/c1-8(2)16-12-11(13)9(5-6-14-12)7-15-10-3-4-10/h5-6,8,10,15H,3-4,7H2,1-2H3.